The van der Waals surface area contributed by atoms with Crippen LogP contribution in [0.5, 0.6) is 0 Å². The van der Waals surface area contributed by atoms with E-state index in [1.165, 1.54) is 19.3 Å². The van der Waals surface area contributed by atoms with Gasteiger partial charge in [-0.3, -0.25) is 0 Å². The van der Waals surface area contributed by atoms with Gasteiger partial charge in [-0.05, 0) is 26.7 Å². The fourth-order valence-corrected chi connectivity index (χ4v) is 1.79. The van der Waals surface area contributed by atoms with Gasteiger partial charge in [-0.2, -0.15) is 0 Å². The second-order valence-electron chi connectivity index (χ2n) is 4.28. The molecule has 0 spiro atoms. The van der Waals surface area contributed by atoms with Crippen LogP contribution in [0.3, 0.4) is 0 Å². The van der Waals surface area contributed by atoms with Crippen molar-refractivity contribution in [2.75, 3.05) is 0 Å². The van der Waals surface area contributed by atoms with Crippen molar-refractivity contribution >= 4 is 0 Å². The average Bonchev–Trinajstić information content (AvgIpc) is 1.87. The lowest BCUT2D eigenvalue weighted by molar-refractivity contribution is -0.0202. The molecule has 0 amide bonds. The maximum absolute atomic E-state index is 9.78. The number of hydrogen-bond acceptors (Lipinski definition) is 2. The highest BCUT2D eigenvalue weighted by atomic mass is 16.3. The van der Waals surface area contributed by atoms with E-state index >= 15 is 0 Å². The monoisotopic (exact) mass is 157 g/mol. The van der Waals surface area contributed by atoms with E-state index < -0.39 is 5.60 Å². The summed E-state index contributed by atoms with van der Waals surface area (Å²) in [5.74, 6) is 0. The zero-order valence-corrected chi connectivity index (χ0v) is 7.56. The normalized spacial score (nSPS) is 25.1. The van der Waals surface area contributed by atoms with Crippen molar-refractivity contribution < 1.29 is 5.11 Å². The molecule has 2 heteroatoms. The van der Waals surface area contributed by atoms with Crippen LogP contribution in [-0.2, 0) is 0 Å². The zero-order chi connectivity index (χ0) is 8.54. The van der Waals surface area contributed by atoms with Gasteiger partial charge in [0.05, 0.1) is 5.60 Å². The fraction of sp³-hybridized carbons (Fsp3) is 1.00. The molecule has 1 rings (SSSR count). The Balaban J connectivity index is 2.64. The molecule has 0 atom stereocenters. The molecule has 2 nitrogen and oxygen atoms in total. The molecule has 0 aromatic rings. The minimum atomic E-state index is -0.715. The predicted molar refractivity (Wildman–Crippen MR) is 46.3 cm³/mol. The quantitative estimate of drug-likeness (QED) is 0.604. The van der Waals surface area contributed by atoms with Gasteiger partial charge < -0.3 is 10.8 Å². The molecule has 0 aromatic carbocycles. The second kappa shape index (κ2) is 2.76. The molecule has 0 unspecified atom stereocenters. The third kappa shape index (κ3) is 1.74. The first kappa shape index (κ1) is 9.01. The SMILES string of the molecule is CC(C)(O)C1(N)CCCCC1. The van der Waals surface area contributed by atoms with Crippen LogP contribution in [0.25, 0.3) is 0 Å². The van der Waals surface area contributed by atoms with Crippen molar-refractivity contribution in [3.63, 3.8) is 0 Å². The molecular weight excluding hydrogens is 138 g/mol. The van der Waals surface area contributed by atoms with Crippen molar-refractivity contribution in [1.29, 1.82) is 0 Å². The molecule has 11 heavy (non-hydrogen) atoms. The van der Waals surface area contributed by atoms with Crippen molar-refractivity contribution in [2.24, 2.45) is 5.73 Å². The Hall–Kier alpha value is -0.0800. The highest BCUT2D eigenvalue weighted by Gasteiger charge is 2.40. The standard InChI is InChI=1S/C9H19NO/c1-8(2,11)9(10)6-4-3-5-7-9/h11H,3-7,10H2,1-2H3. The van der Waals surface area contributed by atoms with Crippen molar-refractivity contribution in [3.8, 4) is 0 Å². The molecule has 1 fully saturated rings. The Labute approximate surface area is 68.8 Å². The van der Waals surface area contributed by atoms with Gasteiger partial charge in [0.25, 0.3) is 0 Å². The van der Waals surface area contributed by atoms with Crippen LogP contribution in [0.4, 0.5) is 0 Å². The first-order valence-corrected chi connectivity index (χ1v) is 4.47. The van der Waals surface area contributed by atoms with Crippen LogP contribution in [-0.4, -0.2) is 16.2 Å². The summed E-state index contributed by atoms with van der Waals surface area (Å²) in [5, 5.41) is 9.78. The molecule has 0 aromatic heterocycles. The van der Waals surface area contributed by atoms with E-state index in [-0.39, 0.29) is 5.54 Å². The highest BCUT2D eigenvalue weighted by Crippen LogP contribution is 2.34. The summed E-state index contributed by atoms with van der Waals surface area (Å²) in [4.78, 5) is 0. The topological polar surface area (TPSA) is 46.2 Å². The van der Waals surface area contributed by atoms with E-state index in [4.69, 9.17) is 5.73 Å². The first-order chi connectivity index (χ1) is 4.96. The van der Waals surface area contributed by atoms with E-state index in [1.807, 2.05) is 13.8 Å². The van der Waals surface area contributed by atoms with Crippen LogP contribution in [0.15, 0.2) is 0 Å². The Kier molecular flexibility index (Phi) is 2.26. The van der Waals surface area contributed by atoms with Crippen molar-refractivity contribution in [3.05, 3.63) is 0 Å². The van der Waals surface area contributed by atoms with Gasteiger partial charge in [0, 0.05) is 5.54 Å². The maximum atomic E-state index is 9.78. The zero-order valence-electron chi connectivity index (χ0n) is 7.56. The third-order valence-corrected chi connectivity index (χ3v) is 2.96. The molecule has 66 valence electrons. The van der Waals surface area contributed by atoms with E-state index in [0.29, 0.717) is 0 Å². The lowest BCUT2D eigenvalue weighted by Crippen LogP contribution is -2.58. The average molecular weight is 157 g/mol. The molecule has 1 aliphatic rings. The molecule has 1 aliphatic carbocycles. The third-order valence-electron chi connectivity index (χ3n) is 2.96. The van der Waals surface area contributed by atoms with Crippen LogP contribution < -0.4 is 5.73 Å². The van der Waals surface area contributed by atoms with Gasteiger partial charge in [0.2, 0.25) is 0 Å². The van der Waals surface area contributed by atoms with Gasteiger partial charge >= 0.3 is 0 Å². The second-order valence-corrected chi connectivity index (χ2v) is 4.28. The largest absolute Gasteiger partial charge is 0.389 e. The van der Waals surface area contributed by atoms with Crippen LogP contribution >= 0.6 is 0 Å². The number of nitrogens with two attached hydrogens (primary N) is 1. The summed E-state index contributed by atoms with van der Waals surface area (Å²) >= 11 is 0. The van der Waals surface area contributed by atoms with Gasteiger partial charge in [-0.1, -0.05) is 19.3 Å². The predicted octanol–water partition coefficient (Wildman–Crippen LogP) is 1.42. The lowest BCUT2D eigenvalue weighted by Gasteiger charge is -2.43. The first-order valence-electron chi connectivity index (χ1n) is 4.47. The van der Waals surface area contributed by atoms with E-state index in [0.717, 1.165) is 12.8 Å². The fourth-order valence-electron chi connectivity index (χ4n) is 1.79. The summed E-state index contributed by atoms with van der Waals surface area (Å²) in [5.41, 5.74) is 5.04. The summed E-state index contributed by atoms with van der Waals surface area (Å²) < 4.78 is 0. The molecule has 0 aliphatic heterocycles. The van der Waals surface area contributed by atoms with Gasteiger partial charge in [0.15, 0.2) is 0 Å². The smallest absolute Gasteiger partial charge is 0.0770 e. The Morgan fingerprint density at radius 2 is 1.64 bits per heavy atom. The summed E-state index contributed by atoms with van der Waals surface area (Å²) in [6.07, 6.45) is 5.54. The molecule has 1 saturated carbocycles. The van der Waals surface area contributed by atoms with Gasteiger partial charge in [-0.25, -0.2) is 0 Å². The number of aliphatic hydroxyl groups is 1. The van der Waals surface area contributed by atoms with E-state index in [9.17, 15) is 5.11 Å². The molecule has 0 bridgehead atoms. The molecule has 3 N–H and O–H groups in total. The Bertz CT molecular complexity index is 131. The minimum absolute atomic E-state index is 0.328. The summed E-state index contributed by atoms with van der Waals surface area (Å²) in [7, 11) is 0. The van der Waals surface area contributed by atoms with Crippen molar-refractivity contribution in [2.45, 2.75) is 57.1 Å². The maximum Gasteiger partial charge on any atom is 0.0770 e. The Morgan fingerprint density at radius 3 is 1.91 bits per heavy atom. The Morgan fingerprint density at radius 1 is 1.18 bits per heavy atom. The molecule has 0 radical (unpaired) electrons. The van der Waals surface area contributed by atoms with E-state index in [2.05, 4.69) is 0 Å². The molecular formula is C9H19NO. The number of hydrogen-bond donors (Lipinski definition) is 2. The van der Waals surface area contributed by atoms with Crippen LogP contribution in [0.2, 0.25) is 0 Å². The number of rotatable bonds is 1. The lowest BCUT2D eigenvalue weighted by atomic mass is 9.72. The van der Waals surface area contributed by atoms with Crippen molar-refractivity contribution in [1.82, 2.24) is 0 Å². The van der Waals surface area contributed by atoms with Gasteiger partial charge in [-0.15, -0.1) is 0 Å². The van der Waals surface area contributed by atoms with Crippen LogP contribution in [0.1, 0.15) is 46.0 Å². The summed E-state index contributed by atoms with van der Waals surface area (Å²) in [6.45, 7) is 3.64. The van der Waals surface area contributed by atoms with Crippen LogP contribution in [0, 0.1) is 0 Å². The van der Waals surface area contributed by atoms with Gasteiger partial charge in [0.1, 0.15) is 0 Å². The summed E-state index contributed by atoms with van der Waals surface area (Å²) in [6, 6.07) is 0. The highest BCUT2D eigenvalue weighted by molar-refractivity contribution is 4.99. The van der Waals surface area contributed by atoms with E-state index in [1.54, 1.807) is 0 Å². The molecule has 0 heterocycles. The molecule has 0 saturated heterocycles. The minimum Gasteiger partial charge on any atom is -0.389 e.